The molecule has 2 fully saturated rings. The fourth-order valence-corrected chi connectivity index (χ4v) is 5.33. The number of aromatic nitrogens is 4. The minimum atomic E-state index is -0.0132. The van der Waals surface area contributed by atoms with Crippen molar-refractivity contribution in [2.45, 2.75) is 50.2 Å². The van der Waals surface area contributed by atoms with Crippen molar-refractivity contribution in [1.29, 1.82) is 0 Å². The monoisotopic (exact) mass is 415 g/mol. The van der Waals surface area contributed by atoms with Gasteiger partial charge in [-0.3, -0.25) is 4.79 Å². The summed E-state index contributed by atoms with van der Waals surface area (Å²) in [4.78, 5) is 14.5. The molecule has 2 aromatic heterocycles. The number of amides is 1. The van der Waals surface area contributed by atoms with Crippen LogP contribution >= 0.6 is 0 Å². The van der Waals surface area contributed by atoms with Gasteiger partial charge < -0.3 is 15.5 Å². The van der Waals surface area contributed by atoms with Crippen LogP contribution in [0.3, 0.4) is 0 Å². The molecule has 5 heterocycles. The van der Waals surface area contributed by atoms with Crippen LogP contribution in [0.5, 0.6) is 0 Å². The number of hydrogen-bond donors (Lipinski definition) is 2. The van der Waals surface area contributed by atoms with Crippen LogP contribution in [0.25, 0.3) is 16.9 Å². The molecule has 0 aliphatic carbocycles. The van der Waals surface area contributed by atoms with Gasteiger partial charge in [0.25, 0.3) is 0 Å². The third-order valence-corrected chi connectivity index (χ3v) is 6.92. The minimum Gasteiger partial charge on any atom is -0.355 e. The molecule has 31 heavy (non-hydrogen) atoms. The molecule has 0 spiro atoms. The van der Waals surface area contributed by atoms with Crippen LogP contribution in [0, 0.1) is 0 Å². The van der Waals surface area contributed by atoms with E-state index in [9.17, 15) is 4.79 Å². The Morgan fingerprint density at radius 3 is 2.65 bits per heavy atom. The molecule has 1 aromatic carbocycles. The van der Waals surface area contributed by atoms with Crippen molar-refractivity contribution in [2.24, 2.45) is 0 Å². The summed E-state index contributed by atoms with van der Waals surface area (Å²) in [5.41, 5.74) is 4.31. The Kier molecular flexibility index (Phi) is 4.27. The number of piperidine rings is 1. The number of nitrogens with zero attached hydrogens (tertiary/aromatic N) is 5. The Morgan fingerprint density at radius 1 is 1.10 bits per heavy atom. The van der Waals surface area contributed by atoms with E-state index in [4.69, 9.17) is 0 Å². The van der Waals surface area contributed by atoms with E-state index in [0.29, 0.717) is 24.5 Å². The first-order valence-electron chi connectivity index (χ1n) is 10.9. The maximum absolute atomic E-state index is 12.2. The smallest absolute Gasteiger partial charge is 0.228 e. The van der Waals surface area contributed by atoms with Crippen LogP contribution < -0.4 is 15.5 Å². The lowest BCUT2D eigenvalue weighted by Gasteiger charge is -2.36. The van der Waals surface area contributed by atoms with Crippen molar-refractivity contribution in [3.05, 3.63) is 48.3 Å². The normalized spacial score (nSPS) is 24.2. The highest BCUT2D eigenvalue weighted by Crippen LogP contribution is 2.38. The van der Waals surface area contributed by atoms with Gasteiger partial charge in [0.15, 0.2) is 5.82 Å². The standard InChI is InChI=1S/C23H25N7O/c1-29(16-11-14-3-4-15(12-16)25-14)21-8-6-19(27-28-21)17-5-7-20(30-10-2-9-24-30)18-13-22(31)26-23(17)18/h2,5-10,14-16,25H,3-4,11-13H2,1H3,(H,26,31)/t14-,15+,16?. The molecular formula is C23H25N7O. The van der Waals surface area contributed by atoms with Gasteiger partial charge >= 0.3 is 0 Å². The van der Waals surface area contributed by atoms with Gasteiger partial charge in [-0.25, -0.2) is 4.68 Å². The maximum Gasteiger partial charge on any atom is 0.228 e. The fraction of sp³-hybridized carbons (Fsp3) is 0.391. The zero-order valence-electron chi connectivity index (χ0n) is 17.5. The first kappa shape index (κ1) is 18.5. The topological polar surface area (TPSA) is 88.0 Å². The Bertz CT molecular complexity index is 1110. The highest BCUT2D eigenvalue weighted by atomic mass is 16.1. The Hall–Kier alpha value is -3.26. The molecular weight excluding hydrogens is 390 g/mol. The van der Waals surface area contributed by atoms with Crippen LogP contribution in [-0.4, -0.2) is 51.1 Å². The molecule has 1 unspecified atom stereocenters. The number of hydrogen-bond acceptors (Lipinski definition) is 6. The van der Waals surface area contributed by atoms with Crippen molar-refractivity contribution in [3.8, 4) is 16.9 Å². The predicted octanol–water partition coefficient (Wildman–Crippen LogP) is 2.54. The molecule has 6 rings (SSSR count). The molecule has 3 aliphatic heterocycles. The summed E-state index contributed by atoms with van der Waals surface area (Å²) in [7, 11) is 2.12. The lowest BCUT2D eigenvalue weighted by molar-refractivity contribution is -0.115. The predicted molar refractivity (Wildman–Crippen MR) is 118 cm³/mol. The number of nitrogens with one attached hydrogen (secondary N) is 2. The Labute approximate surface area is 180 Å². The average molecular weight is 416 g/mol. The van der Waals surface area contributed by atoms with Gasteiger partial charge in [0.1, 0.15) is 0 Å². The van der Waals surface area contributed by atoms with Gasteiger partial charge in [0, 0.05) is 48.7 Å². The van der Waals surface area contributed by atoms with Gasteiger partial charge in [-0.2, -0.15) is 5.10 Å². The Morgan fingerprint density at radius 2 is 1.94 bits per heavy atom. The molecule has 3 aromatic rings. The highest BCUT2D eigenvalue weighted by Gasteiger charge is 2.35. The molecule has 2 saturated heterocycles. The van der Waals surface area contributed by atoms with Gasteiger partial charge in [-0.05, 0) is 56.0 Å². The third kappa shape index (κ3) is 3.18. The van der Waals surface area contributed by atoms with Gasteiger partial charge in [-0.1, -0.05) is 0 Å². The summed E-state index contributed by atoms with van der Waals surface area (Å²) in [5, 5.41) is 20.1. The van der Waals surface area contributed by atoms with E-state index in [-0.39, 0.29) is 5.91 Å². The first-order chi connectivity index (χ1) is 15.2. The maximum atomic E-state index is 12.2. The highest BCUT2D eigenvalue weighted by molar-refractivity contribution is 6.04. The van der Waals surface area contributed by atoms with Crippen LogP contribution in [0.4, 0.5) is 11.5 Å². The van der Waals surface area contributed by atoms with Crippen LogP contribution in [-0.2, 0) is 11.2 Å². The summed E-state index contributed by atoms with van der Waals surface area (Å²) in [6.07, 6.45) is 8.84. The summed E-state index contributed by atoms with van der Waals surface area (Å²) >= 11 is 0. The van der Waals surface area contributed by atoms with Crippen LogP contribution in [0.2, 0.25) is 0 Å². The number of rotatable bonds is 4. The van der Waals surface area contributed by atoms with Gasteiger partial charge in [0.05, 0.1) is 23.5 Å². The molecule has 8 nitrogen and oxygen atoms in total. The van der Waals surface area contributed by atoms with Crippen molar-refractivity contribution >= 4 is 17.4 Å². The molecule has 0 saturated carbocycles. The van der Waals surface area contributed by atoms with Gasteiger partial charge in [0.2, 0.25) is 5.91 Å². The summed E-state index contributed by atoms with van der Waals surface area (Å²) in [5.74, 6) is 0.879. The molecule has 3 atom stereocenters. The van der Waals surface area contributed by atoms with Crippen molar-refractivity contribution in [1.82, 2.24) is 25.3 Å². The second-order valence-corrected chi connectivity index (χ2v) is 8.81. The molecule has 1 amide bonds. The molecule has 2 bridgehead atoms. The molecule has 0 radical (unpaired) electrons. The number of anilines is 2. The number of carbonyl (C=O) groups is 1. The summed E-state index contributed by atoms with van der Waals surface area (Å²) in [6.45, 7) is 0. The molecule has 3 aliphatic rings. The Balaban J connectivity index is 1.30. The quantitative estimate of drug-likeness (QED) is 0.681. The second-order valence-electron chi connectivity index (χ2n) is 8.81. The van der Waals surface area contributed by atoms with Crippen molar-refractivity contribution in [2.75, 3.05) is 17.3 Å². The fourth-order valence-electron chi connectivity index (χ4n) is 5.33. The van der Waals surface area contributed by atoms with E-state index in [1.165, 1.54) is 12.8 Å². The zero-order valence-corrected chi connectivity index (χ0v) is 17.5. The zero-order chi connectivity index (χ0) is 20.9. The first-order valence-corrected chi connectivity index (χ1v) is 10.9. The largest absolute Gasteiger partial charge is 0.355 e. The number of carbonyl (C=O) groups excluding carboxylic acids is 1. The summed E-state index contributed by atoms with van der Waals surface area (Å²) < 4.78 is 1.79. The molecule has 2 N–H and O–H groups in total. The van der Waals surface area contributed by atoms with E-state index in [2.05, 4.69) is 37.9 Å². The van der Waals surface area contributed by atoms with Crippen molar-refractivity contribution in [3.63, 3.8) is 0 Å². The lowest BCUT2D eigenvalue weighted by atomic mass is 9.98. The third-order valence-electron chi connectivity index (χ3n) is 6.92. The van der Waals surface area contributed by atoms with Gasteiger partial charge in [-0.15, -0.1) is 10.2 Å². The summed E-state index contributed by atoms with van der Waals surface area (Å²) in [6, 6.07) is 11.7. The van der Waals surface area contributed by atoms with Crippen LogP contribution in [0.1, 0.15) is 31.2 Å². The molecule has 158 valence electrons. The number of fused-ring (bicyclic) bond motifs is 3. The van der Waals surface area contributed by atoms with E-state index in [1.54, 1.807) is 10.9 Å². The molecule has 8 heteroatoms. The number of benzene rings is 1. The van der Waals surface area contributed by atoms with E-state index < -0.39 is 0 Å². The van der Waals surface area contributed by atoms with E-state index in [1.807, 2.05) is 36.5 Å². The SMILES string of the molecule is CN(c1ccc(-c2ccc(-n3cccn3)c3c2NC(=O)C3)nn1)C1C[C@H]2CC[C@@H](C1)N2. The van der Waals surface area contributed by atoms with Crippen LogP contribution in [0.15, 0.2) is 42.7 Å². The van der Waals surface area contributed by atoms with E-state index >= 15 is 0 Å². The average Bonchev–Trinajstić information content (AvgIpc) is 3.52. The minimum absolute atomic E-state index is 0.0132. The van der Waals surface area contributed by atoms with Crippen molar-refractivity contribution < 1.29 is 4.79 Å². The second kappa shape index (κ2) is 7.16. The lowest BCUT2D eigenvalue weighted by Crippen LogP contribution is -2.47. The van der Waals surface area contributed by atoms with E-state index in [0.717, 1.165) is 46.9 Å².